The normalized spacial score (nSPS) is 11.8. The van der Waals surface area contributed by atoms with Crippen LogP contribution in [0.3, 0.4) is 0 Å². The lowest BCUT2D eigenvalue weighted by atomic mass is 9.92. The summed E-state index contributed by atoms with van der Waals surface area (Å²) in [6.07, 6.45) is 0. The van der Waals surface area contributed by atoms with Gasteiger partial charge in [0.2, 0.25) is 4.77 Å². The highest BCUT2D eigenvalue weighted by molar-refractivity contribution is 7.71. The van der Waals surface area contributed by atoms with Crippen molar-refractivity contribution in [1.29, 1.82) is 0 Å². The number of para-hydroxylation sites is 1. The van der Waals surface area contributed by atoms with Gasteiger partial charge < -0.3 is 0 Å². The molecule has 0 saturated carbocycles. The van der Waals surface area contributed by atoms with Crippen LogP contribution in [0.15, 0.2) is 144 Å². The third kappa shape index (κ3) is 3.54. The average Bonchev–Trinajstić information content (AvgIpc) is 3.08. The summed E-state index contributed by atoms with van der Waals surface area (Å²) < 4.78 is 3.45. The van der Waals surface area contributed by atoms with Gasteiger partial charge in [-0.2, -0.15) is 0 Å². The Kier molecular flexibility index (Phi) is 5.34. The Hall–Kier alpha value is -5.65. The maximum atomic E-state index is 14.3. The second kappa shape index (κ2) is 9.43. The van der Waals surface area contributed by atoms with Gasteiger partial charge in [-0.15, -0.1) is 0 Å². The fraction of sp³-hybridized carbons (Fsp3) is 0. The van der Waals surface area contributed by atoms with Crippen LogP contribution in [-0.2, 0) is 0 Å². The quantitative estimate of drug-likeness (QED) is 0.151. The molecule has 0 aliphatic rings. The summed E-state index contributed by atoms with van der Waals surface area (Å²) in [4.78, 5) is 19.2. The van der Waals surface area contributed by atoms with Crippen molar-refractivity contribution in [3.8, 4) is 16.8 Å². The van der Waals surface area contributed by atoms with Gasteiger partial charge in [0.1, 0.15) is 0 Å². The molecule has 0 fully saturated rings. The zero-order valence-corrected chi connectivity index (χ0v) is 24.3. The summed E-state index contributed by atoms with van der Waals surface area (Å²) in [6, 6.07) is 47.8. The standard InChI is InChI=1S/C39H23N3OS/c43-39-41(38(44)40-37-34-18-6-5-16-31(34)33-17-7-8-19-36(33)42(37)39)26-11-9-10-24(22-26)25-20-21-32-29-14-2-1-12-27(29)28-13-3-4-15-30(28)35(32)23-25/h1-23H. The van der Waals surface area contributed by atoms with Crippen molar-refractivity contribution < 1.29 is 0 Å². The summed E-state index contributed by atoms with van der Waals surface area (Å²) in [5.74, 6) is 0. The van der Waals surface area contributed by atoms with Crippen LogP contribution in [0.25, 0.3) is 76.5 Å². The molecule has 9 rings (SSSR count). The van der Waals surface area contributed by atoms with Crippen molar-refractivity contribution in [2.24, 2.45) is 0 Å². The highest BCUT2D eigenvalue weighted by atomic mass is 32.1. The first-order valence-electron chi connectivity index (χ1n) is 14.6. The van der Waals surface area contributed by atoms with E-state index >= 15 is 0 Å². The second-order valence-electron chi connectivity index (χ2n) is 11.1. The molecule has 7 aromatic carbocycles. The minimum absolute atomic E-state index is 0.226. The Morgan fingerprint density at radius 2 is 1.00 bits per heavy atom. The molecule has 0 radical (unpaired) electrons. The van der Waals surface area contributed by atoms with E-state index in [2.05, 4.69) is 78.9 Å². The SMILES string of the molecule is O=c1n(-c2cccc(-c3ccc4c5ccccc5c5ccccc5c4c3)c2)c(=S)nc2c3ccccc3c3ccccc3n12. The molecular weight excluding hydrogens is 559 g/mol. The molecular formula is C39H23N3OS. The Bertz CT molecular complexity index is 2740. The van der Waals surface area contributed by atoms with Crippen molar-refractivity contribution in [2.75, 3.05) is 0 Å². The number of aromatic nitrogens is 3. The molecule has 2 aromatic heterocycles. The van der Waals surface area contributed by atoms with Crippen LogP contribution in [-0.4, -0.2) is 14.0 Å². The van der Waals surface area contributed by atoms with Gasteiger partial charge in [0, 0.05) is 10.8 Å². The van der Waals surface area contributed by atoms with E-state index in [0.717, 1.165) is 32.8 Å². The molecule has 0 unspecified atom stereocenters. The second-order valence-corrected chi connectivity index (χ2v) is 11.5. The maximum Gasteiger partial charge on any atom is 0.341 e. The number of hydrogen-bond donors (Lipinski definition) is 0. The van der Waals surface area contributed by atoms with Gasteiger partial charge in [0.05, 0.1) is 11.2 Å². The average molecular weight is 582 g/mol. The molecule has 0 atom stereocenters. The Morgan fingerprint density at radius 1 is 0.477 bits per heavy atom. The summed E-state index contributed by atoms with van der Waals surface area (Å²) in [6.45, 7) is 0. The number of fused-ring (bicyclic) bond motifs is 12. The van der Waals surface area contributed by atoms with E-state index in [1.54, 1.807) is 4.40 Å². The van der Waals surface area contributed by atoms with Gasteiger partial charge in [-0.1, -0.05) is 115 Å². The lowest BCUT2D eigenvalue weighted by Crippen LogP contribution is -2.28. The van der Waals surface area contributed by atoms with Crippen LogP contribution < -0.4 is 5.69 Å². The summed E-state index contributed by atoms with van der Waals surface area (Å²) in [5.41, 5.74) is 3.87. The number of benzene rings is 7. The minimum atomic E-state index is -0.241. The van der Waals surface area contributed by atoms with Gasteiger partial charge in [-0.25, -0.2) is 18.7 Å². The lowest BCUT2D eigenvalue weighted by molar-refractivity contribution is 0.837. The molecule has 0 aliphatic carbocycles. The zero-order valence-electron chi connectivity index (χ0n) is 23.4. The molecule has 0 amide bonds. The molecule has 0 N–H and O–H groups in total. The topological polar surface area (TPSA) is 39.3 Å². The van der Waals surface area contributed by atoms with Gasteiger partial charge in [0.15, 0.2) is 5.65 Å². The monoisotopic (exact) mass is 581 g/mol. The minimum Gasteiger partial charge on any atom is -0.247 e. The fourth-order valence-electron chi connectivity index (χ4n) is 6.80. The molecule has 4 nitrogen and oxygen atoms in total. The zero-order chi connectivity index (χ0) is 29.4. The number of pyridine rings is 1. The molecule has 0 aliphatic heterocycles. The molecule has 0 bridgehead atoms. The van der Waals surface area contributed by atoms with Gasteiger partial charge in [0.25, 0.3) is 0 Å². The number of nitrogens with zero attached hydrogens (tertiary/aromatic N) is 3. The molecule has 2 heterocycles. The summed E-state index contributed by atoms with van der Waals surface area (Å²) >= 11 is 5.79. The third-order valence-electron chi connectivity index (χ3n) is 8.77. The van der Waals surface area contributed by atoms with Gasteiger partial charge >= 0.3 is 5.69 Å². The smallest absolute Gasteiger partial charge is 0.247 e. The van der Waals surface area contributed by atoms with Gasteiger partial charge in [-0.05, 0) is 85.3 Å². The van der Waals surface area contributed by atoms with E-state index in [0.29, 0.717) is 11.3 Å². The van der Waals surface area contributed by atoms with E-state index in [9.17, 15) is 4.79 Å². The highest BCUT2D eigenvalue weighted by Gasteiger charge is 2.16. The van der Waals surface area contributed by atoms with Crippen LogP contribution in [0.4, 0.5) is 0 Å². The summed E-state index contributed by atoms with van der Waals surface area (Å²) in [7, 11) is 0. The van der Waals surface area contributed by atoms with Crippen LogP contribution in [0.2, 0.25) is 0 Å². The predicted molar refractivity (Wildman–Crippen MR) is 185 cm³/mol. The molecule has 9 aromatic rings. The first kappa shape index (κ1) is 24.9. The molecule has 206 valence electrons. The predicted octanol–water partition coefficient (Wildman–Crippen LogP) is 9.65. The fourth-order valence-corrected chi connectivity index (χ4v) is 7.07. The van der Waals surface area contributed by atoms with Crippen molar-refractivity contribution in [1.82, 2.24) is 14.0 Å². The molecule has 0 spiro atoms. The first-order chi connectivity index (χ1) is 21.7. The first-order valence-corrected chi connectivity index (χ1v) is 15.0. The van der Waals surface area contributed by atoms with E-state index < -0.39 is 0 Å². The van der Waals surface area contributed by atoms with E-state index in [1.807, 2.05) is 60.7 Å². The number of hydrogen-bond acceptors (Lipinski definition) is 3. The molecule has 5 heteroatoms. The van der Waals surface area contributed by atoms with Crippen molar-refractivity contribution in [2.45, 2.75) is 0 Å². The summed E-state index contributed by atoms with van der Waals surface area (Å²) in [5, 5.41) is 10.3. The Balaban J connectivity index is 1.29. The Morgan fingerprint density at radius 3 is 1.68 bits per heavy atom. The third-order valence-corrected chi connectivity index (χ3v) is 9.05. The van der Waals surface area contributed by atoms with Crippen LogP contribution in [0.5, 0.6) is 0 Å². The van der Waals surface area contributed by atoms with Gasteiger partial charge in [-0.3, -0.25) is 0 Å². The van der Waals surface area contributed by atoms with Crippen LogP contribution >= 0.6 is 12.2 Å². The highest BCUT2D eigenvalue weighted by Crippen LogP contribution is 2.37. The van der Waals surface area contributed by atoms with Crippen LogP contribution in [0, 0.1) is 4.77 Å². The van der Waals surface area contributed by atoms with Crippen molar-refractivity contribution in [3.63, 3.8) is 0 Å². The van der Waals surface area contributed by atoms with Crippen molar-refractivity contribution >= 4 is 71.9 Å². The maximum absolute atomic E-state index is 14.3. The largest absolute Gasteiger partial charge is 0.341 e. The van der Waals surface area contributed by atoms with E-state index in [-0.39, 0.29) is 10.5 Å². The van der Waals surface area contributed by atoms with Crippen molar-refractivity contribution in [3.05, 3.63) is 155 Å². The van der Waals surface area contributed by atoms with Crippen LogP contribution in [0.1, 0.15) is 0 Å². The Labute approximate surface area is 256 Å². The number of rotatable bonds is 2. The van der Waals surface area contributed by atoms with E-state index in [1.165, 1.54) is 36.9 Å². The lowest BCUT2D eigenvalue weighted by Gasteiger charge is -2.15. The molecule has 0 saturated heterocycles. The van der Waals surface area contributed by atoms with E-state index in [4.69, 9.17) is 17.2 Å². The molecule has 44 heavy (non-hydrogen) atoms.